The predicted octanol–water partition coefficient (Wildman–Crippen LogP) is 3.01. The Balaban J connectivity index is 2.43. The molecule has 0 aromatic heterocycles. The van der Waals surface area contributed by atoms with Crippen molar-refractivity contribution in [3.63, 3.8) is 0 Å². The molecular weight excluding hydrogens is 196 g/mol. The Hall–Kier alpha value is -0.0800. The minimum Gasteiger partial charge on any atom is -0.328 e. The molecule has 1 aliphatic heterocycles. The van der Waals surface area contributed by atoms with Crippen molar-refractivity contribution in [2.45, 2.75) is 71.4 Å². The summed E-state index contributed by atoms with van der Waals surface area (Å²) < 4.78 is 0. The molecule has 0 saturated carbocycles. The van der Waals surface area contributed by atoms with Crippen LogP contribution in [0.5, 0.6) is 0 Å². The van der Waals surface area contributed by atoms with Crippen LogP contribution in [0.4, 0.5) is 0 Å². The highest BCUT2D eigenvalue weighted by molar-refractivity contribution is 4.82. The molecule has 0 bridgehead atoms. The molecule has 3 atom stereocenters. The topological polar surface area (TPSA) is 29.3 Å². The zero-order valence-electron chi connectivity index (χ0n) is 11.4. The monoisotopic (exact) mass is 226 g/mol. The molecule has 0 aliphatic carbocycles. The van der Waals surface area contributed by atoms with E-state index in [-0.39, 0.29) is 0 Å². The van der Waals surface area contributed by atoms with Gasteiger partial charge in [-0.25, -0.2) is 0 Å². The summed E-state index contributed by atoms with van der Waals surface area (Å²) in [7, 11) is 0. The Morgan fingerprint density at radius 1 is 1.38 bits per heavy atom. The predicted molar refractivity (Wildman–Crippen MR) is 71.6 cm³/mol. The maximum Gasteiger partial charge on any atom is 0.00927 e. The number of nitrogens with two attached hydrogens (primary N) is 1. The lowest BCUT2D eigenvalue weighted by Crippen LogP contribution is -2.46. The van der Waals surface area contributed by atoms with Gasteiger partial charge in [-0.05, 0) is 45.1 Å². The highest BCUT2D eigenvalue weighted by Crippen LogP contribution is 2.23. The van der Waals surface area contributed by atoms with Crippen LogP contribution >= 0.6 is 0 Å². The normalized spacial score (nSPS) is 26.6. The average Bonchev–Trinajstić information content (AvgIpc) is 2.30. The quantitative estimate of drug-likeness (QED) is 0.754. The van der Waals surface area contributed by atoms with E-state index >= 15 is 0 Å². The van der Waals surface area contributed by atoms with Crippen molar-refractivity contribution in [3.05, 3.63) is 0 Å². The summed E-state index contributed by atoms with van der Waals surface area (Å²) in [5, 5.41) is 0. The van der Waals surface area contributed by atoms with Gasteiger partial charge in [-0.1, -0.05) is 26.7 Å². The average molecular weight is 226 g/mol. The van der Waals surface area contributed by atoms with Gasteiger partial charge in [0, 0.05) is 18.6 Å². The Bertz CT molecular complexity index is 180. The maximum absolute atomic E-state index is 6.04. The van der Waals surface area contributed by atoms with Gasteiger partial charge in [-0.2, -0.15) is 0 Å². The van der Waals surface area contributed by atoms with E-state index in [1.54, 1.807) is 0 Å². The van der Waals surface area contributed by atoms with E-state index in [0.29, 0.717) is 6.04 Å². The molecule has 96 valence electrons. The summed E-state index contributed by atoms with van der Waals surface area (Å²) in [6.07, 6.45) is 8.04. The molecule has 1 fully saturated rings. The third kappa shape index (κ3) is 4.06. The smallest absolute Gasteiger partial charge is 0.00927 e. The van der Waals surface area contributed by atoms with E-state index in [1.807, 2.05) is 0 Å². The van der Waals surface area contributed by atoms with Gasteiger partial charge in [-0.15, -0.1) is 0 Å². The molecule has 0 radical (unpaired) electrons. The van der Waals surface area contributed by atoms with Crippen LogP contribution in [0.25, 0.3) is 0 Å². The Kier molecular flexibility index (Phi) is 6.37. The van der Waals surface area contributed by atoms with E-state index in [2.05, 4.69) is 25.7 Å². The van der Waals surface area contributed by atoms with Crippen LogP contribution in [-0.2, 0) is 0 Å². The van der Waals surface area contributed by atoms with Gasteiger partial charge in [0.2, 0.25) is 0 Å². The van der Waals surface area contributed by atoms with Crippen molar-refractivity contribution in [3.8, 4) is 0 Å². The van der Waals surface area contributed by atoms with Crippen LogP contribution in [0.3, 0.4) is 0 Å². The first-order valence-electron chi connectivity index (χ1n) is 7.18. The van der Waals surface area contributed by atoms with Crippen molar-refractivity contribution in [2.75, 3.05) is 13.1 Å². The summed E-state index contributed by atoms with van der Waals surface area (Å²) in [6.45, 7) is 9.32. The van der Waals surface area contributed by atoms with Gasteiger partial charge in [0.15, 0.2) is 0 Å². The molecule has 0 aromatic carbocycles. The second kappa shape index (κ2) is 7.29. The number of hydrogen-bond acceptors (Lipinski definition) is 2. The summed E-state index contributed by atoms with van der Waals surface area (Å²) in [6, 6.07) is 1.17. The van der Waals surface area contributed by atoms with Crippen LogP contribution < -0.4 is 5.73 Å². The Labute approximate surface area is 102 Å². The Morgan fingerprint density at radius 2 is 2.12 bits per heavy atom. The molecule has 0 spiro atoms. The molecule has 1 aliphatic rings. The van der Waals surface area contributed by atoms with Gasteiger partial charge >= 0.3 is 0 Å². The molecule has 2 nitrogen and oxygen atoms in total. The molecule has 1 saturated heterocycles. The lowest BCUT2D eigenvalue weighted by atomic mass is 9.90. The number of piperidine rings is 1. The molecular formula is C14H30N2. The van der Waals surface area contributed by atoms with Crippen molar-refractivity contribution >= 4 is 0 Å². The minimum absolute atomic E-state index is 0.367. The third-order valence-electron chi connectivity index (χ3n) is 4.11. The molecule has 1 rings (SSSR count). The van der Waals surface area contributed by atoms with Gasteiger partial charge in [0.05, 0.1) is 0 Å². The van der Waals surface area contributed by atoms with Gasteiger partial charge < -0.3 is 10.6 Å². The second-order valence-corrected chi connectivity index (χ2v) is 5.46. The molecule has 2 N–H and O–H groups in total. The Morgan fingerprint density at radius 3 is 2.69 bits per heavy atom. The van der Waals surface area contributed by atoms with E-state index < -0.39 is 0 Å². The number of rotatable bonds is 6. The highest BCUT2D eigenvalue weighted by atomic mass is 15.2. The summed E-state index contributed by atoms with van der Waals surface area (Å²) in [4.78, 5) is 2.70. The highest BCUT2D eigenvalue weighted by Gasteiger charge is 2.26. The zero-order valence-corrected chi connectivity index (χ0v) is 11.4. The SMILES string of the molecule is CCCCC(CC)N1CCCC(C(C)N)C1. The number of nitrogens with zero attached hydrogens (tertiary/aromatic N) is 1. The minimum atomic E-state index is 0.367. The lowest BCUT2D eigenvalue weighted by molar-refractivity contribution is 0.104. The van der Waals surface area contributed by atoms with E-state index in [0.717, 1.165) is 12.0 Å². The summed E-state index contributed by atoms with van der Waals surface area (Å²) in [5.41, 5.74) is 6.04. The van der Waals surface area contributed by atoms with Crippen LogP contribution in [0.1, 0.15) is 59.3 Å². The molecule has 3 unspecified atom stereocenters. The van der Waals surface area contributed by atoms with Crippen LogP contribution in [-0.4, -0.2) is 30.1 Å². The number of likely N-dealkylation sites (tertiary alicyclic amines) is 1. The molecule has 0 amide bonds. The van der Waals surface area contributed by atoms with E-state index in [4.69, 9.17) is 5.73 Å². The maximum atomic E-state index is 6.04. The first-order chi connectivity index (χ1) is 7.69. The van der Waals surface area contributed by atoms with Gasteiger partial charge in [-0.3, -0.25) is 0 Å². The standard InChI is InChI=1S/C14H30N2/c1-4-6-9-14(5-2)16-10-7-8-13(11-16)12(3)15/h12-14H,4-11,15H2,1-3H3. The van der Waals surface area contributed by atoms with Crippen molar-refractivity contribution in [1.29, 1.82) is 0 Å². The zero-order chi connectivity index (χ0) is 12.0. The number of unbranched alkanes of at least 4 members (excludes halogenated alkanes) is 1. The fourth-order valence-corrected chi connectivity index (χ4v) is 2.89. The van der Waals surface area contributed by atoms with Crippen molar-refractivity contribution < 1.29 is 0 Å². The second-order valence-electron chi connectivity index (χ2n) is 5.46. The van der Waals surface area contributed by atoms with E-state index in [9.17, 15) is 0 Å². The fourth-order valence-electron chi connectivity index (χ4n) is 2.89. The third-order valence-corrected chi connectivity index (χ3v) is 4.11. The van der Waals surface area contributed by atoms with Crippen LogP contribution in [0.15, 0.2) is 0 Å². The first kappa shape index (κ1) is 14.0. The van der Waals surface area contributed by atoms with Gasteiger partial charge in [0.1, 0.15) is 0 Å². The lowest BCUT2D eigenvalue weighted by Gasteiger charge is -2.39. The van der Waals surface area contributed by atoms with Crippen molar-refractivity contribution in [2.24, 2.45) is 11.7 Å². The van der Waals surface area contributed by atoms with Crippen LogP contribution in [0, 0.1) is 5.92 Å². The summed E-state index contributed by atoms with van der Waals surface area (Å²) >= 11 is 0. The largest absolute Gasteiger partial charge is 0.328 e. The molecule has 1 heterocycles. The summed E-state index contributed by atoms with van der Waals surface area (Å²) in [5.74, 6) is 0.726. The van der Waals surface area contributed by atoms with Crippen LogP contribution in [0.2, 0.25) is 0 Å². The molecule has 16 heavy (non-hydrogen) atoms. The number of hydrogen-bond donors (Lipinski definition) is 1. The fraction of sp³-hybridized carbons (Fsp3) is 1.00. The van der Waals surface area contributed by atoms with Crippen molar-refractivity contribution in [1.82, 2.24) is 4.90 Å². The molecule has 0 aromatic rings. The van der Waals surface area contributed by atoms with E-state index in [1.165, 1.54) is 51.6 Å². The molecule has 2 heteroatoms. The van der Waals surface area contributed by atoms with Gasteiger partial charge in [0.25, 0.3) is 0 Å². The first-order valence-corrected chi connectivity index (χ1v) is 7.18.